The van der Waals surface area contributed by atoms with E-state index in [-0.39, 0.29) is 18.4 Å². The van der Waals surface area contributed by atoms with Gasteiger partial charge in [0.05, 0.1) is 11.4 Å². The van der Waals surface area contributed by atoms with Crippen LogP contribution in [0.5, 0.6) is 0 Å². The van der Waals surface area contributed by atoms with E-state index in [1.54, 1.807) is 16.2 Å². The number of nitrogens with zero attached hydrogens (tertiary/aromatic N) is 1. The molecule has 2 aliphatic rings. The highest BCUT2D eigenvalue weighted by Gasteiger charge is 2.26. The largest absolute Gasteiger partial charge is 0.354 e. The molecule has 1 saturated heterocycles. The van der Waals surface area contributed by atoms with Crippen LogP contribution < -0.4 is 5.32 Å². The van der Waals surface area contributed by atoms with Gasteiger partial charge in [0.15, 0.2) is 0 Å². The van der Waals surface area contributed by atoms with Crippen molar-refractivity contribution >= 4 is 23.2 Å². The fourth-order valence-corrected chi connectivity index (χ4v) is 4.36. The lowest BCUT2D eigenvalue weighted by molar-refractivity contribution is -0.121. The fraction of sp³-hybridized carbons (Fsp3) is 0.625. The first kappa shape index (κ1) is 14.6. The van der Waals surface area contributed by atoms with Gasteiger partial charge in [0.25, 0.3) is 5.91 Å². The summed E-state index contributed by atoms with van der Waals surface area (Å²) in [4.78, 5) is 28.1. The van der Waals surface area contributed by atoms with Gasteiger partial charge in [0.2, 0.25) is 5.91 Å². The third-order valence-corrected chi connectivity index (χ3v) is 5.75. The Labute approximate surface area is 129 Å². The molecule has 1 atom stereocenters. The predicted molar refractivity (Wildman–Crippen MR) is 83.7 cm³/mol. The Bertz CT molecular complexity index is 552. The number of amides is 2. The van der Waals surface area contributed by atoms with E-state index in [2.05, 4.69) is 18.3 Å². The zero-order valence-electron chi connectivity index (χ0n) is 12.5. The van der Waals surface area contributed by atoms with Crippen LogP contribution in [0.2, 0.25) is 0 Å². The van der Waals surface area contributed by atoms with Gasteiger partial charge < -0.3 is 10.2 Å². The summed E-state index contributed by atoms with van der Waals surface area (Å²) in [6.07, 6.45) is 5.50. The predicted octanol–water partition coefficient (Wildman–Crippen LogP) is 2.23. The number of fused-ring (bicyclic) bond motifs is 1. The highest BCUT2D eigenvalue weighted by molar-refractivity contribution is 7.14. The van der Waals surface area contributed by atoms with Crippen molar-refractivity contribution < 1.29 is 9.59 Å². The second-order valence-electron chi connectivity index (χ2n) is 6.01. The Morgan fingerprint density at radius 1 is 1.52 bits per heavy atom. The maximum Gasteiger partial charge on any atom is 0.264 e. The minimum atomic E-state index is -0.0479. The van der Waals surface area contributed by atoms with Gasteiger partial charge in [-0.05, 0) is 43.2 Å². The summed E-state index contributed by atoms with van der Waals surface area (Å²) in [6.45, 7) is 3.77. The summed E-state index contributed by atoms with van der Waals surface area (Å²) >= 11 is 1.63. The molecule has 1 N–H and O–H groups in total. The van der Waals surface area contributed by atoms with E-state index in [0.717, 1.165) is 30.1 Å². The quantitative estimate of drug-likeness (QED) is 0.911. The number of nitrogens with one attached hydrogen (secondary N) is 1. The van der Waals surface area contributed by atoms with E-state index in [1.807, 2.05) is 0 Å². The first-order chi connectivity index (χ1) is 10.2. The van der Waals surface area contributed by atoms with Crippen LogP contribution in [-0.2, 0) is 17.6 Å². The first-order valence-electron chi connectivity index (χ1n) is 7.85. The Kier molecular flexibility index (Phi) is 4.29. The molecule has 0 radical (unpaired) electrons. The molecule has 0 saturated carbocycles. The molecule has 1 aromatic heterocycles. The minimum Gasteiger partial charge on any atom is -0.354 e. The molecule has 1 unspecified atom stereocenters. The van der Waals surface area contributed by atoms with Crippen LogP contribution in [0.1, 0.15) is 46.3 Å². The molecule has 4 nitrogen and oxygen atoms in total. The minimum absolute atomic E-state index is 0.0273. The fourth-order valence-electron chi connectivity index (χ4n) is 3.19. The second kappa shape index (κ2) is 6.18. The molecule has 21 heavy (non-hydrogen) atoms. The Hall–Kier alpha value is -1.36. The average Bonchev–Trinajstić information content (AvgIpc) is 2.80. The van der Waals surface area contributed by atoms with Gasteiger partial charge in [-0.25, -0.2) is 0 Å². The van der Waals surface area contributed by atoms with Crippen molar-refractivity contribution in [1.29, 1.82) is 0 Å². The molecule has 1 fully saturated rings. The van der Waals surface area contributed by atoms with E-state index in [4.69, 9.17) is 0 Å². The van der Waals surface area contributed by atoms with Gasteiger partial charge in [0, 0.05) is 18.0 Å². The maximum atomic E-state index is 12.6. The normalized spacial score (nSPS) is 22.4. The lowest BCUT2D eigenvalue weighted by Gasteiger charge is -2.19. The molecule has 0 spiro atoms. The van der Waals surface area contributed by atoms with Crippen LogP contribution in [0, 0.1) is 5.92 Å². The summed E-state index contributed by atoms with van der Waals surface area (Å²) in [5.74, 6) is 0.742. The molecule has 2 amide bonds. The Morgan fingerprint density at radius 3 is 3.19 bits per heavy atom. The number of hydrogen-bond donors (Lipinski definition) is 1. The van der Waals surface area contributed by atoms with Crippen molar-refractivity contribution in [2.75, 3.05) is 19.6 Å². The van der Waals surface area contributed by atoms with E-state index in [1.165, 1.54) is 23.3 Å². The molecule has 1 aliphatic heterocycles. The summed E-state index contributed by atoms with van der Waals surface area (Å²) in [5.41, 5.74) is 1.36. The van der Waals surface area contributed by atoms with Crippen molar-refractivity contribution in [3.8, 4) is 0 Å². The molecule has 5 heteroatoms. The van der Waals surface area contributed by atoms with E-state index in [0.29, 0.717) is 13.1 Å². The standard InChI is InChI=1S/C16H22N2O2S/c1-2-11-4-5-13-12(8-11)9-14(21-13)16(20)18-7-3-6-17-15(19)10-18/h9,11H,2-8,10H2,1H3,(H,17,19). The second-order valence-corrected chi connectivity index (χ2v) is 7.14. The monoisotopic (exact) mass is 306 g/mol. The van der Waals surface area contributed by atoms with E-state index >= 15 is 0 Å². The third-order valence-electron chi connectivity index (χ3n) is 4.52. The van der Waals surface area contributed by atoms with Crippen LogP contribution in [0.15, 0.2) is 6.07 Å². The molecule has 2 heterocycles. The van der Waals surface area contributed by atoms with Crippen molar-refractivity contribution in [3.63, 3.8) is 0 Å². The number of thiophene rings is 1. The van der Waals surface area contributed by atoms with Gasteiger partial charge in [-0.3, -0.25) is 9.59 Å². The summed E-state index contributed by atoms with van der Waals surface area (Å²) in [7, 11) is 0. The van der Waals surface area contributed by atoms with Crippen LogP contribution in [-0.4, -0.2) is 36.3 Å². The molecular weight excluding hydrogens is 284 g/mol. The molecule has 0 aromatic carbocycles. The van der Waals surface area contributed by atoms with Crippen LogP contribution >= 0.6 is 11.3 Å². The number of carbonyl (C=O) groups excluding carboxylic acids is 2. The summed E-state index contributed by atoms with van der Waals surface area (Å²) in [5, 5.41) is 2.81. The van der Waals surface area contributed by atoms with Crippen molar-refractivity contribution in [2.24, 2.45) is 5.92 Å². The van der Waals surface area contributed by atoms with Gasteiger partial charge >= 0.3 is 0 Å². The summed E-state index contributed by atoms with van der Waals surface area (Å²) < 4.78 is 0. The first-order valence-corrected chi connectivity index (χ1v) is 8.66. The highest BCUT2D eigenvalue weighted by atomic mass is 32.1. The van der Waals surface area contributed by atoms with Crippen LogP contribution in [0.4, 0.5) is 0 Å². The number of carbonyl (C=O) groups is 2. The molecule has 3 rings (SSSR count). The van der Waals surface area contributed by atoms with E-state index < -0.39 is 0 Å². The lowest BCUT2D eigenvalue weighted by Crippen LogP contribution is -2.37. The topological polar surface area (TPSA) is 49.4 Å². The van der Waals surface area contributed by atoms with Crippen LogP contribution in [0.25, 0.3) is 0 Å². The van der Waals surface area contributed by atoms with Crippen LogP contribution in [0.3, 0.4) is 0 Å². The lowest BCUT2D eigenvalue weighted by atomic mass is 9.87. The smallest absolute Gasteiger partial charge is 0.264 e. The van der Waals surface area contributed by atoms with Gasteiger partial charge in [-0.1, -0.05) is 13.3 Å². The molecule has 1 aliphatic carbocycles. The van der Waals surface area contributed by atoms with Crippen molar-refractivity contribution in [3.05, 3.63) is 21.4 Å². The van der Waals surface area contributed by atoms with Crippen molar-refractivity contribution in [2.45, 2.75) is 39.0 Å². The average molecular weight is 306 g/mol. The number of aryl methyl sites for hydroxylation is 1. The zero-order chi connectivity index (χ0) is 14.8. The van der Waals surface area contributed by atoms with Gasteiger partial charge in [0.1, 0.15) is 0 Å². The van der Waals surface area contributed by atoms with Crippen molar-refractivity contribution in [1.82, 2.24) is 10.2 Å². The molecule has 114 valence electrons. The van der Waals surface area contributed by atoms with E-state index in [9.17, 15) is 9.59 Å². The third kappa shape index (κ3) is 3.12. The maximum absolute atomic E-state index is 12.6. The molecule has 1 aromatic rings. The zero-order valence-corrected chi connectivity index (χ0v) is 13.3. The number of hydrogen-bond acceptors (Lipinski definition) is 3. The summed E-state index contributed by atoms with van der Waals surface area (Å²) in [6, 6.07) is 2.08. The van der Waals surface area contributed by atoms with Gasteiger partial charge in [-0.2, -0.15) is 0 Å². The number of rotatable bonds is 2. The highest BCUT2D eigenvalue weighted by Crippen LogP contribution is 2.34. The molecule has 0 bridgehead atoms. The SMILES string of the molecule is CCC1CCc2sc(C(=O)N3CCCNC(=O)C3)cc2C1. The van der Waals surface area contributed by atoms with Gasteiger partial charge in [-0.15, -0.1) is 11.3 Å². The Morgan fingerprint density at radius 2 is 2.38 bits per heavy atom. The molecular formula is C16H22N2O2S. The Balaban J connectivity index is 1.76.